The first-order valence-electron chi connectivity index (χ1n) is 11.9. The Hall–Kier alpha value is -0.670. The van der Waals surface area contributed by atoms with E-state index in [4.69, 9.17) is 4.99 Å². The van der Waals surface area contributed by atoms with Crippen LogP contribution in [0.4, 0.5) is 0 Å². The van der Waals surface area contributed by atoms with Gasteiger partial charge < -0.3 is 5.11 Å². The molecule has 1 N–H and O–H groups in total. The zero-order valence-electron chi connectivity index (χ0n) is 18.4. The molecule has 1 aliphatic heterocycles. The Kier molecular flexibility index (Phi) is 14.7. The van der Waals surface area contributed by atoms with E-state index in [9.17, 15) is 5.11 Å². The van der Waals surface area contributed by atoms with Crippen LogP contribution in [0.5, 0.6) is 0 Å². The minimum absolute atomic E-state index is 0.279. The number of allylic oxidation sites excluding steroid dienone is 2. The molecule has 0 fully saturated rings. The van der Waals surface area contributed by atoms with Gasteiger partial charge in [0, 0.05) is 6.42 Å². The molecule has 0 aromatic rings. The van der Waals surface area contributed by atoms with Gasteiger partial charge in [0.1, 0.15) is 13.1 Å². The first kappa shape index (κ1) is 24.4. The maximum Gasteiger partial charge on any atom is 0.182 e. The fourth-order valence-corrected chi connectivity index (χ4v) is 4.28. The van der Waals surface area contributed by atoms with Crippen molar-refractivity contribution in [3.05, 3.63) is 12.2 Å². The van der Waals surface area contributed by atoms with Gasteiger partial charge in [0.25, 0.3) is 0 Å². The fourth-order valence-electron chi connectivity index (χ4n) is 4.28. The summed E-state index contributed by atoms with van der Waals surface area (Å²) in [5, 5.41) is 9.37. The maximum absolute atomic E-state index is 9.37. The van der Waals surface area contributed by atoms with E-state index in [-0.39, 0.29) is 6.61 Å². The van der Waals surface area contributed by atoms with Gasteiger partial charge in [0.2, 0.25) is 0 Å². The minimum Gasteiger partial charge on any atom is -0.391 e. The predicted octanol–water partition coefficient (Wildman–Crippen LogP) is 6.26. The molecule has 0 aromatic carbocycles. The number of rotatable bonds is 18. The van der Waals surface area contributed by atoms with E-state index in [0.717, 1.165) is 24.1 Å². The number of unbranched alkanes of at least 4 members (excludes halogenated alkanes) is 11. The van der Waals surface area contributed by atoms with E-state index in [1.165, 1.54) is 89.9 Å². The zero-order valence-corrected chi connectivity index (χ0v) is 18.4. The Labute approximate surface area is 169 Å². The second kappa shape index (κ2) is 16.3. The molecule has 0 spiro atoms. The van der Waals surface area contributed by atoms with Crippen molar-refractivity contribution in [2.24, 2.45) is 4.99 Å². The highest BCUT2D eigenvalue weighted by molar-refractivity contribution is 5.60. The molecule has 1 heterocycles. The number of aliphatic imine (C=N–C) groups is 1. The topological polar surface area (TPSA) is 32.6 Å². The van der Waals surface area contributed by atoms with Gasteiger partial charge in [-0.3, -0.25) is 4.48 Å². The SMILES string of the molecule is CCCCCCC/C=C/CCCCCCCCC1N=CC[N+]1(CC)CCO. The number of hydrogen-bond acceptors (Lipinski definition) is 2. The standard InChI is InChI=1S/C24H47N2O/c1-3-5-6-7-8-9-10-11-12-13-14-15-16-17-18-19-24-25-20-21-26(24,4-2)22-23-27/h10-11,20,24,27H,3-9,12-19,21-23H2,1-2H3/q+1/b11-10+. The molecular formula is C24H47N2O+. The molecule has 2 atom stereocenters. The summed E-state index contributed by atoms with van der Waals surface area (Å²) in [5.41, 5.74) is 0. The summed E-state index contributed by atoms with van der Waals surface area (Å²) < 4.78 is 0.974. The van der Waals surface area contributed by atoms with E-state index < -0.39 is 0 Å². The highest BCUT2D eigenvalue weighted by Gasteiger charge is 2.36. The van der Waals surface area contributed by atoms with Crippen LogP contribution in [0.1, 0.15) is 104 Å². The van der Waals surface area contributed by atoms with Crippen LogP contribution >= 0.6 is 0 Å². The summed E-state index contributed by atoms with van der Waals surface area (Å²) in [7, 11) is 0. The maximum atomic E-state index is 9.37. The average molecular weight is 380 g/mol. The Balaban J connectivity index is 1.92. The van der Waals surface area contributed by atoms with Crippen LogP contribution in [0.15, 0.2) is 17.1 Å². The molecule has 0 aliphatic carbocycles. The van der Waals surface area contributed by atoms with Gasteiger partial charge in [-0.25, -0.2) is 4.99 Å². The van der Waals surface area contributed by atoms with Crippen molar-refractivity contribution in [1.29, 1.82) is 0 Å². The lowest BCUT2D eigenvalue weighted by atomic mass is 10.1. The quantitative estimate of drug-likeness (QED) is 0.170. The molecule has 0 radical (unpaired) electrons. The second-order valence-electron chi connectivity index (χ2n) is 8.35. The highest BCUT2D eigenvalue weighted by Crippen LogP contribution is 2.24. The van der Waals surface area contributed by atoms with Crippen molar-refractivity contribution < 1.29 is 9.59 Å². The minimum atomic E-state index is 0.279. The van der Waals surface area contributed by atoms with E-state index >= 15 is 0 Å². The lowest BCUT2D eigenvalue weighted by Crippen LogP contribution is -2.53. The Morgan fingerprint density at radius 1 is 0.889 bits per heavy atom. The van der Waals surface area contributed by atoms with Gasteiger partial charge in [0.15, 0.2) is 6.17 Å². The molecule has 3 heteroatoms. The molecule has 0 aromatic heterocycles. The van der Waals surface area contributed by atoms with Crippen LogP contribution in [-0.2, 0) is 0 Å². The van der Waals surface area contributed by atoms with Crippen LogP contribution in [0.3, 0.4) is 0 Å². The summed E-state index contributed by atoms with van der Waals surface area (Å²) in [5.74, 6) is 0. The third-order valence-corrected chi connectivity index (χ3v) is 6.25. The molecule has 2 unspecified atom stereocenters. The molecule has 0 amide bonds. The van der Waals surface area contributed by atoms with Crippen LogP contribution in [0.2, 0.25) is 0 Å². The molecule has 0 saturated carbocycles. The van der Waals surface area contributed by atoms with Crippen molar-refractivity contribution in [1.82, 2.24) is 0 Å². The zero-order chi connectivity index (χ0) is 19.6. The van der Waals surface area contributed by atoms with Crippen molar-refractivity contribution >= 4 is 6.21 Å². The first-order chi connectivity index (χ1) is 13.3. The molecule has 3 nitrogen and oxygen atoms in total. The number of likely N-dealkylation sites (N-methyl/N-ethyl adjacent to an activating group) is 1. The van der Waals surface area contributed by atoms with E-state index in [0.29, 0.717) is 6.17 Å². The van der Waals surface area contributed by atoms with Gasteiger partial charge in [-0.1, -0.05) is 70.4 Å². The normalized spacial score (nSPS) is 22.3. The van der Waals surface area contributed by atoms with Crippen LogP contribution in [0.25, 0.3) is 0 Å². The highest BCUT2D eigenvalue weighted by atomic mass is 16.3. The Bertz CT molecular complexity index is 394. The van der Waals surface area contributed by atoms with Crippen LogP contribution in [-0.4, -0.2) is 48.2 Å². The number of aliphatic hydroxyl groups excluding tert-OH is 1. The summed E-state index contributed by atoms with van der Waals surface area (Å²) in [6.45, 7) is 7.73. The Morgan fingerprint density at radius 3 is 2.07 bits per heavy atom. The summed E-state index contributed by atoms with van der Waals surface area (Å²) >= 11 is 0. The monoisotopic (exact) mass is 379 g/mol. The van der Waals surface area contributed by atoms with E-state index in [1.54, 1.807) is 0 Å². The number of quaternary nitrogens is 1. The third-order valence-electron chi connectivity index (χ3n) is 6.25. The van der Waals surface area contributed by atoms with Crippen molar-refractivity contribution in [3.63, 3.8) is 0 Å². The van der Waals surface area contributed by atoms with Gasteiger partial charge >= 0.3 is 0 Å². The first-order valence-corrected chi connectivity index (χ1v) is 11.9. The third kappa shape index (κ3) is 10.4. The lowest BCUT2D eigenvalue weighted by molar-refractivity contribution is -0.936. The molecule has 27 heavy (non-hydrogen) atoms. The molecular weight excluding hydrogens is 332 g/mol. The smallest absolute Gasteiger partial charge is 0.182 e. The number of nitrogens with zero attached hydrogens (tertiary/aromatic N) is 2. The average Bonchev–Trinajstić information content (AvgIpc) is 3.08. The fraction of sp³-hybridized carbons (Fsp3) is 0.875. The van der Waals surface area contributed by atoms with Gasteiger partial charge in [0.05, 0.1) is 19.4 Å². The molecule has 158 valence electrons. The van der Waals surface area contributed by atoms with Crippen molar-refractivity contribution in [2.45, 2.75) is 110 Å². The van der Waals surface area contributed by atoms with Crippen molar-refractivity contribution in [3.8, 4) is 0 Å². The number of aliphatic hydroxyl groups is 1. The lowest BCUT2D eigenvalue weighted by Gasteiger charge is -2.37. The summed E-state index contributed by atoms with van der Waals surface area (Å²) in [6, 6.07) is 0. The van der Waals surface area contributed by atoms with E-state index in [2.05, 4.69) is 32.2 Å². The van der Waals surface area contributed by atoms with Gasteiger partial charge in [-0.05, 0) is 39.0 Å². The summed E-state index contributed by atoms with van der Waals surface area (Å²) in [6.07, 6.45) is 26.0. The van der Waals surface area contributed by atoms with Crippen molar-refractivity contribution in [2.75, 3.05) is 26.2 Å². The number of hydrogen-bond donors (Lipinski definition) is 1. The Morgan fingerprint density at radius 2 is 1.48 bits per heavy atom. The van der Waals surface area contributed by atoms with E-state index in [1.807, 2.05) is 0 Å². The summed E-state index contributed by atoms with van der Waals surface area (Å²) in [4.78, 5) is 4.71. The van der Waals surface area contributed by atoms with Gasteiger partial charge in [-0.15, -0.1) is 0 Å². The molecule has 1 rings (SSSR count). The second-order valence-corrected chi connectivity index (χ2v) is 8.35. The molecule has 0 saturated heterocycles. The van der Waals surface area contributed by atoms with Crippen LogP contribution in [0, 0.1) is 0 Å². The molecule has 1 aliphatic rings. The van der Waals surface area contributed by atoms with Gasteiger partial charge in [-0.2, -0.15) is 0 Å². The molecule has 0 bridgehead atoms. The van der Waals surface area contributed by atoms with Crippen LogP contribution < -0.4 is 0 Å². The predicted molar refractivity (Wildman–Crippen MR) is 119 cm³/mol. The largest absolute Gasteiger partial charge is 0.391 e.